The second kappa shape index (κ2) is 5.93. The van der Waals surface area contributed by atoms with Crippen molar-refractivity contribution in [1.82, 2.24) is 0 Å². The molecule has 8 bridgehead atoms. The van der Waals surface area contributed by atoms with Gasteiger partial charge in [-0.05, 0) is 141 Å². The first kappa shape index (κ1) is 18.3. The minimum absolute atomic E-state index is 0.224. The van der Waals surface area contributed by atoms with Crippen molar-refractivity contribution in [1.29, 1.82) is 0 Å². The standard InChI is InChI=1S/C28H36O2/c1-18(29)30-25-4-2-24(3-5-25)26-10-22-9-23(11-26)16-28(15-22,17-26)27-12-19-6-20(13-27)8-21(7-19)14-27/h2-5,19-23H,6-17H2,1H3. The highest BCUT2D eigenvalue weighted by Gasteiger charge is 2.67. The normalized spacial score (nSPS) is 50.1. The van der Waals surface area contributed by atoms with Gasteiger partial charge in [0.2, 0.25) is 0 Å². The third-order valence-electron chi connectivity index (χ3n) is 11.0. The van der Waals surface area contributed by atoms with Crippen LogP contribution in [0.15, 0.2) is 24.3 Å². The van der Waals surface area contributed by atoms with E-state index in [0.29, 0.717) is 22.0 Å². The Morgan fingerprint density at radius 3 is 1.77 bits per heavy atom. The zero-order valence-corrected chi connectivity index (χ0v) is 18.5. The maximum absolute atomic E-state index is 11.3. The van der Waals surface area contributed by atoms with E-state index in [1.165, 1.54) is 32.6 Å². The molecule has 2 unspecified atom stereocenters. The number of carbonyl (C=O) groups is 1. The fourth-order valence-corrected chi connectivity index (χ4v) is 11.0. The van der Waals surface area contributed by atoms with Gasteiger partial charge < -0.3 is 4.74 Å². The molecule has 8 aliphatic carbocycles. The summed E-state index contributed by atoms with van der Waals surface area (Å²) in [4.78, 5) is 11.3. The summed E-state index contributed by atoms with van der Waals surface area (Å²) >= 11 is 0. The predicted octanol–water partition coefficient (Wildman–Crippen LogP) is 6.67. The van der Waals surface area contributed by atoms with Gasteiger partial charge in [-0.3, -0.25) is 4.79 Å². The molecule has 8 aliphatic rings. The van der Waals surface area contributed by atoms with Crippen LogP contribution in [0, 0.1) is 40.4 Å². The number of ether oxygens (including phenoxy) is 1. The fraction of sp³-hybridized carbons (Fsp3) is 0.750. The van der Waals surface area contributed by atoms with E-state index in [4.69, 9.17) is 4.74 Å². The monoisotopic (exact) mass is 404 g/mol. The molecule has 0 radical (unpaired) electrons. The van der Waals surface area contributed by atoms with Crippen molar-refractivity contribution in [3.63, 3.8) is 0 Å². The molecule has 2 heteroatoms. The van der Waals surface area contributed by atoms with Crippen molar-refractivity contribution in [3.05, 3.63) is 29.8 Å². The van der Waals surface area contributed by atoms with Gasteiger partial charge in [-0.2, -0.15) is 0 Å². The summed E-state index contributed by atoms with van der Waals surface area (Å²) in [5.41, 5.74) is 3.24. The van der Waals surface area contributed by atoms with E-state index in [1.54, 1.807) is 56.9 Å². The van der Waals surface area contributed by atoms with Gasteiger partial charge in [0.15, 0.2) is 0 Å². The Kier molecular flexibility index (Phi) is 3.61. The Bertz CT molecular complexity index is 831. The lowest BCUT2D eigenvalue weighted by molar-refractivity contribution is -0.205. The van der Waals surface area contributed by atoms with Gasteiger partial charge in [0, 0.05) is 6.92 Å². The summed E-state index contributed by atoms with van der Waals surface area (Å²) in [6.45, 7) is 1.49. The number of hydrogen-bond acceptors (Lipinski definition) is 2. The first-order valence-corrected chi connectivity index (χ1v) is 12.7. The van der Waals surface area contributed by atoms with E-state index >= 15 is 0 Å². The molecule has 30 heavy (non-hydrogen) atoms. The van der Waals surface area contributed by atoms with Crippen molar-refractivity contribution in [3.8, 4) is 5.75 Å². The van der Waals surface area contributed by atoms with E-state index < -0.39 is 0 Å². The zero-order chi connectivity index (χ0) is 20.1. The Labute approximate surface area is 181 Å². The summed E-state index contributed by atoms with van der Waals surface area (Å²) in [7, 11) is 0. The molecule has 1 aromatic carbocycles. The molecule has 0 spiro atoms. The molecular weight excluding hydrogens is 368 g/mol. The molecule has 160 valence electrons. The van der Waals surface area contributed by atoms with Gasteiger partial charge in [0.1, 0.15) is 5.75 Å². The molecule has 2 atom stereocenters. The van der Waals surface area contributed by atoms with Gasteiger partial charge in [0.25, 0.3) is 0 Å². The van der Waals surface area contributed by atoms with Crippen LogP contribution in [0.3, 0.4) is 0 Å². The maximum atomic E-state index is 11.3. The molecule has 0 N–H and O–H groups in total. The second-order valence-electron chi connectivity index (χ2n) is 12.8. The molecule has 0 aromatic heterocycles. The van der Waals surface area contributed by atoms with Gasteiger partial charge in [-0.15, -0.1) is 0 Å². The van der Waals surface area contributed by atoms with Crippen molar-refractivity contribution < 1.29 is 9.53 Å². The molecule has 1 aromatic rings. The van der Waals surface area contributed by atoms with E-state index in [9.17, 15) is 4.79 Å². The van der Waals surface area contributed by atoms with Crippen molar-refractivity contribution >= 4 is 5.97 Å². The first-order chi connectivity index (χ1) is 14.4. The molecule has 8 fully saturated rings. The third kappa shape index (κ3) is 2.46. The van der Waals surface area contributed by atoms with Crippen LogP contribution in [-0.4, -0.2) is 5.97 Å². The van der Waals surface area contributed by atoms with Crippen LogP contribution in [-0.2, 0) is 10.2 Å². The van der Waals surface area contributed by atoms with Crippen LogP contribution in [0.4, 0.5) is 0 Å². The van der Waals surface area contributed by atoms with Crippen molar-refractivity contribution in [2.24, 2.45) is 40.4 Å². The Hall–Kier alpha value is -1.31. The topological polar surface area (TPSA) is 26.3 Å². The Balaban J connectivity index is 1.26. The summed E-state index contributed by atoms with van der Waals surface area (Å²) in [6.07, 6.45) is 18.2. The van der Waals surface area contributed by atoms with E-state index in [2.05, 4.69) is 12.1 Å². The second-order valence-corrected chi connectivity index (χ2v) is 12.8. The summed E-state index contributed by atoms with van der Waals surface area (Å²) in [5, 5.41) is 0. The number of rotatable bonds is 3. The highest BCUT2D eigenvalue weighted by Crippen LogP contribution is 2.77. The summed E-state index contributed by atoms with van der Waals surface area (Å²) < 4.78 is 5.33. The van der Waals surface area contributed by atoms with Gasteiger partial charge in [-0.25, -0.2) is 0 Å². The van der Waals surface area contributed by atoms with Crippen molar-refractivity contribution in [2.45, 2.75) is 89.4 Å². The minimum atomic E-state index is -0.224. The molecule has 0 heterocycles. The molecule has 9 rings (SSSR count). The first-order valence-electron chi connectivity index (χ1n) is 12.7. The molecule has 0 aliphatic heterocycles. The average molecular weight is 405 g/mol. The molecular formula is C28H36O2. The van der Waals surface area contributed by atoms with Gasteiger partial charge in [-0.1, -0.05) is 12.1 Å². The number of hydrogen-bond donors (Lipinski definition) is 0. The SMILES string of the molecule is CC(=O)Oc1ccc(C23CC4CC(C2)CC(C25CC6CC(CC(C6)C2)C5)(C4)C3)cc1. The number of carbonyl (C=O) groups excluding carboxylic acids is 1. The highest BCUT2D eigenvalue weighted by atomic mass is 16.5. The Morgan fingerprint density at radius 1 is 0.733 bits per heavy atom. The third-order valence-corrected chi connectivity index (χ3v) is 11.0. The molecule has 0 amide bonds. The zero-order valence-electron chi connectivity index (χ0n) is 18.5. The molecule has 0 saturated heterocycles. The fourth-order valence-electron chi connectivity index (χ4n) is 11.0. The lowest BCUT2D eigenvalue weighted by Crippen LogP contribution is -2.63. The predicted molar refractivity (Wildman–Crippen MR) is 117 cm³/mol. The van der Waals surface area contributed by atoms with E-state index in [0.717, 1.165) is 29.6 Å². The number of benzene rings is 1. The largest absolute Gasteiger partial charge is 0.427 e. The van der Waals surface area contributed by atoms with E-state index in [1.807, 2.05) is 12.1 Å². The lowest BCUT2D eigenvalue weighted by atomic mass is 9.32. The maximum Gasteiger partial charge on any atom is 0.308 e. The number of esters is 1. The van der Waals surface area contributed by atoms with Crippen LogP contribution in [0.2, 0.25) is 0 Å². The average Bonchev–Trinajstić information content (AvgIpc) is 2.66. The molecule has 2 nitrogen and oxygen atoms in total. The Morgan fingerprint density at radius 2 is 1.23 bits per heavy atom. The van der Waals surface area contributed by atoms with Gasteiger partial charge in [0.05, 0.1) is 0 Å². The van der Waals surface area contributed by atoms with Crippen LogP contribution in [0.25, 0.3) is 0 Å². The van der Waals surface area contributed by atoms with Crippen LogP contribution >= 0.6 is 0 Å². The minimum Gasteiger partial charge on any atom is -0.427 e. The van der Waals surface area contributed by atoms with Crippen LogP contribution in [0.1, 0.15) is 89.5 Å². The van der Waals surface area contributed by atoms with Crippen molar-refractivity contribution in [2.75, 3.05) is 0 Å². The summed E-state index contributed by atoms with van der Waals surface area (Å²) in [5.74, 6) is 5.56. The summed E-state index contributed by atoms with van der Waals surface area (Å²) in [6, 6.07) is 8.71. The highest BCUT2D eigenvalue weighted by molar-refractivity contribution is 5.69. The smallest absolute Gasteiger partial charge is 0.308 e. The molecule has 8 saturated carbocycles. The van der Waals surface area contributed by atoms with E-state index in [-0.39, 0.29) is 5.97 Å². The lowest BCUT2D eigenvalue weighted by Gasteiger charge is -2.72. The van der Waals surface area contributed by atoms with Crippen LogP contribution in [0.5, 0.6) is 5.75 Å². The quantitative estimate of drug-likeness (QED) is 0.415. The van der Waals surface area contributed by atoms with Crippen LogP contribution < -0.4 is 4.74 Å². The van der Waals surface area contributed by atoms with Gasteiger partial charge >= 0.3 is 5.97 Å².